The van der Waals surface area contributed by atoms with Crippen LogP contribution in [0.1, 0.15) is 36.9 Å². The summed E-state index contributed by atoms with van der Waals surface area (Å²) in [6.07, 6.45) is 3.03. The van der Waals surface area contributed by atoms with Gasteiger partial charge in [-0.2, -0.15) is 9.78 Å². The summed E-state index contributed by atoms with van der Waals surface area (Å²) in [4.78, 5) is 21.3. The van der Waals surface area contributed by atoms with Crippen LogP contribution in [0.15, 0.2) is 54.6 Å². The molecule has 7 heteroatoms. The lowest BCUT2D eigenvalue weighted by Crippen LogP contribution is -2.39. The Kier molecular flexibility index (Phi) is 4.38. The monoisotopic (exact) mass is 403 g/mol. The number of carbonyl (C=O) groups is 1. The molecule has 4 aromatic rings. The second kappa shape index (κ2) is 7.09. The molecule has 1 saturated carbocycles. The molecule has 5 rings (SSSR count). The van der Waals surface area contributed by atoms with Gasteiger partial charge in [0.05, 0.1) is 22.1 Å². The summed E-state index contributed by atoms with van der Waals surface area (Å²) in [5.41, 5.74) is 2.04. The van der Waals surface area contributed by atoms with E-state index in [-0.39, 0.29) is 11.7 Å². The van der Waals surface area contributed by atoms with Crippen molar-refractivity contribution in [1.82, 2.24) is 19.7 Å². The number of carbonyl (C=O) groups excluding carboxylic acids is 1. The molecule has 1 aliphatic carbocycles. The molecular weight excluding hydrogens is 381 g/mol. The van der Waals surface area contributed by atoms with Gasteiger partial charge < -0.3 is 10.3 Å². The lowest BCUT2D eigenvalue weighted by atomic mass is 9.77. The molecule has 6 nitrogen and oxygen atoms in total. The number of benzene rings is 2. The highest BCUT2D eigenvalue weighted by molar-refractivity contribution is 5.99. The molecule has 2 aromatic heterocycles. The topological polar surface area (TPSA) is 75.6 Å². The maximum Gasteiger partial charge on any atom is 0.236 e. The third-order valence-corrected chi connectivity index (χ3v) is 5.93. The minimum atomic E-state index is -0.873. The first-order chi connectivity index (χ1) is 14.6. The molecule has 1 aliphatic rings. The summed E-state index contributed by atoms with van der Waals surface area (Å²) in [6, 6.07) is 16.1. The molecule has 152 valence electrons. The van der Waals surface area contributed by atoms with Crippen LogP contribution in [0.3, 0.4) is 0 Å². The standard InChI is InChI=1S/C23H22FN5O/c1-15-14-20(29(28-15)22-25-18-10-4-5-11-19(18)26-22)27-21(30)23(12-6-7-13-23)16-8-2-3-9-17(16)24/h2-5,8-11,14H,6-7,12-13H2,1H3,(H,25,26)(H,27,30). The molecule has 0 unspecified atom stereocenters. The summed E-state index contributed by atoms with van der Waals surface area (Å²) >= 11 is 0. The third-order valence-electron chi connectivity index (χ3n) is 5.93. The van der Waals surface area contributed by atoms with Crippen molar-refractivity contribution in [3.63, 3.8) is 0 Å². The van der Waals surface area contributed by atoms with Gasteiger partial charge in [-0.25, -0.2) is 9.37 Å². The van der Waals surface area contributed by atoms with Crippen LogP contribution in [0, 0.1) is 12.7 Å². The lowest BCUT2D eigenvalue weighted by Gasteiger charge is -2.28. The molecule has 2 heterocycles. The van der Waals surface area contributed by atoms with Crippen molar-refractivity contribution < 1.29 is 9.18 Å². The number of para-hydroxylation sites is 2. The second-order valence-corrected chi connectivity index (χ2v) is 7.88. The van der Waals surface area contributed by atoms with Gasteiger partial charge in [0.25, 0.3) is 0 Å². The summed E-state index contributed by atoms with van der Waals surface area (Å²) in [5.74, 6) is 0.490. The van der Waals surface area contributed by atoms with Gasteiger partial charge in [-0.05, 0) is 38.0 Å². The van der Waals surface area contributed by atoms with E-state index in [0.29, 0.717) is 30.2 Å². The van der Waals surface area contributed by atoms with Crippen molar-refractivity contribution in [3.05, 3.63) is 71.7 Å². The molecule has 0 atom stereocenters. The van der Waals surface area contributed by atoms with E-state index in [1.54, 1.807) is 28.9 Å². The van der Waals surface area contributed by atoms with Crippen molar-refractivity contribution in [2.75, 3.05) is 5.32 Å². The Morgan fingerprint density at radius 1 is 1.13 bits per heavy atom. The van der Waals surface area contributed by atoms with Gasteiger partial charge in [0.1, 0.15) is 11.6 Å². The number of imidazole rings is 1. The number of hydrogen-bond donors (Lipinski definition) is 2. The number of hydrogen-bond acceptors (Lipinski definition) is 3. The molecule has 2 N–H and O–H groups in total. The molecule has 0 radical (unpaired) electrons. The highest BCUT2D eigenvalue weighted by atomic mass is 19.1. The summed E-state index contributed by atoms with van der Waals surface area (Å²) in [7, 11) is 0. The Morgan fingerprint density at radius 3 is 2.63 bits per heavy atom. The Balaban J connectivity index is 1.53. The summed E-state index contributed by atoms with van der Waals surface area (Å²) in [6.45, 7) is 1.86. The van der Waals surface area contributed by atoms with Crippen LogP contribution in [0.4, 0.5) is 10.2 Å². The maximum atomic E-state index is 14.6. The predicted molar refractivity (Wildman–Crippen MR) is 113 cm³/mol. The molecule has 0 saturated heterocycles. The molecule has 30 heavy (non-hydrogen) atoms. The zero-order valence-electron chi connectivity index (χ0n) is 16.7. The highest BCUT2D eigenvalue weighted by Gasteiger charge is 2.44. The van der Waals surface area contributed by atoms with Gasteiger partial charge in [-0.3, -0.25) is 4.79 Å². The van der Waals surface area contributed by atoms with Crippen molar-refractivity contribution in [2.24, 2.45) is 0 Å². The van der Waals surface area contributed by atoms with E-state index in [4.69, 9.17) is 0 Å². The fraction of sp³-hybridized carbons (Fsp3) is 0.261. The fourth-order valence-corrected chi connectivity index (χ4v) is 4.47. The van der Waals surface area contributed by atoms with Crippen molar-refractivity contribution in [3.8, 4) is 5.95 Å². The van der Waals surface area contributed by atoms with E-state index in [0.717, 1.165) is 29.6 Å². The van der Waals surface area contributed by atoms with E-state index in [2.05, 4.69) is 20.4 Å². The number of H-pyrrole nitrogens is 1. The van der Waals surface area contributed by atoms with Crippen LogP contribution >= 0.6 is 0 Å². The smallest absolute Gasteiger partial charge is 0.236 e. The molecular formula is C23H22FN5O. The summed E-state index contributed by atoms with van der Waals surface area (Å²) < 4.78 is 16.2. The number of rotatable bonds is 4. The first-order valence-electron chi connectivity index (χ1n) is 10.2. The minimum absolute atomic E-state index is 0.206. The Hall–Kier alpha value is -3.48. The molecule has 0 spiro atoms. The zero-order valence-corrected chi connectivity index (χ0v) is 16.7. The van der Waals surface area contributed by atoms with Crippen LogP contribution in [0.25, 0.3) is 17.0 Å². The number of nitrogens with one attached hydrogen (secondary N) is 2. The van der Waals surface area contributed by atoms with E-state index in [9.17, 15) is 9.18 Å². The quantitative estimate of drug-likeness (QED) is 0.521. The van der Waals surface area contributed by atoms with Gasteiger partial charge in [0.2, 0.25) is 11.9 Å². The second-order valence-electron chi connectivity index (χ2n) is 7.88. The Bertz CT molecular complexity index is 1200. The average Bonchev–Trinajstić information content (AvgIpc) is 3.46. The van der Waals surface area contributed by atoms with Crippen LogP contribution in [-0.4, -0.2) is 25.7 Å². The normalized spacial score (nSPS) is 15.5. The first kappa shape index (κ1) is 18.5. The SMILES string of the molecule is Cc1cc(NC(=O)C2(c3ccccc3F)CCCC2)n(-c2nc3ccccc3[nH]2)n1. The number of halogens is 1. The number of fused-ring (bicyclic) bond motifs is 1. The number of aromatic amines is 1. The molecule has 0 bridgehead atoms. The average molecular weight is 403 g/mol. The zero-order chi connectivity index (χ0) is 20.7. The van der Waals surface area contributed by atoms with Crippen molar-refractivity contribution >= 4 is 22.8 Å². The highest BCUT2D eigenvalue weighted by Crippen LogP contribution is 2.43. The van der Waals surface area contributed by atoms with Crippen LogP contribution in [0.5, 0.6) is 0 Å². The van der Waals surface area contributed by atoms with Crippen molar-refractivity contribution in [2.45, 2.75) is 38.0 Å². The largest absolute Gasteiger partial charge is 0.322 e. The van der Waals surface area contributed by atoms with Gasteiger partial charge in [-0.15, -0.1) is 0 Å². The van der Waals surface area contributed by atoms with Crippen LogP contribution in [0.2, 0.25) is 0 Å². The number of anilines is 1. The van der Waals surface area contributed by atoms with E-state index >= 15 is 0 Å². The van der Waals surface area contributed by atoms with Crippen molar-refractivity contribution in [1.29, 1.82) is 0 Å². The minimum Gasteiger partial charge on any atom is -0.322 e. The van der Waals surface area contributed by atoms with Gasteiger partial charge in [-0.1, -0.05) is 43.2 Å². The molecule has 2 aromatic carbocycles. The first-order valence-corrected chi connectivity index (χ1v) is 10.2. The van der Waals surface area contributed by atoms with Crippen LogP contribution < -0.4 is 5.32 Å². The number of amides is 1. The molecule has 1 fully saturated rings. The third kappa shape index (κ3) is 2.98. The number of nitrogens with zero attached hydrogens (tertiary/aromatic N) is 3. The van der Waals surface area contributed by atoms with Gasteiger partial charge in [0, 0.05) is 11.6 Å². The van der Waals surface area contributed by atoms with E-state index in [1.807, 2.05) is 31.2 Å². The van der Waals surface area contributed by atoms with E-state index in [1.165, 1.54) is 6.07 Å². The predicted octanol–water partition coefficient (Wildman–Crippen LogP) is 4.65. The van der Waals surface area contributed by atoms with Crippen LogP contribution in [-0.2, 0) is 10.2 Å². The molecule has 1 amide bonds. The Morgan fingerprint density at radius 2 is 1.87 bits per heavy atom. The van der Waals surface area contributed by atoms with Gasteiger partial charge >= 0.3 is 0 Å². The Labute approximate surface area is 173 Å². The maximum absolute atomic E-state index is 14.6. The van der Waals surface area contributed by atoms with E-state index < -0.39 is 5.41 Å². The fourth-order valence-electron chi connectivity index (χ4n) is 4.47. The summed E-state index contributed by atoms with van der Waals surface area (Å²) in [5, 5.41) is 7.52. The number of aryl methyl sites for hydroxylation is 1. The molecule has 0 aliphatic heterocycles. The lowest BCUT2D eigenvalue weighted by molar-refractivity contribution is -0.121. The van der Waals surface area contributed by atoms with Gasteiger partial charge in [0.15, 0.2) is 0 Å². The number of aromatic nitrogens is 4.